The van der Waals surface area contributed by atoms with Gasteiger partial charge < -0.3 is 10.0 Å². The standard InChI is InChI=1S/C10H16F2N2O2/c1-7(2)8(5-13)10(16)14(3-4-15)6-9(11)12/h7-9,15H,3-4,6H2,1-2H3. The molecule has 0 fully saturated rings. The lowest BCUT2D eigenvalue weighted by Gasteiger charge is -2.25. The molecule has 0 saturated carbocycles. The van der Waals surface area contributed by atoms with Crippen molar-refractivity contribution in [3.63, 3.8) is 0 Å². The highest BCUT2D eigenvalue weighted by molar-refractivity contribution is 5.81. The van der Waals surface area contributed by atoms with E-state index in [-0.39, 0.29) is 12.5 Å². The van der Waals surface area contributed by atoms with Gasteiger partial charge in [-0.2, -0.15) is 5.26 Å². The molecule has 0 radical (unpaired) electrons. The Labute approximate surface area is 93.5 Å². The quantitative estimate of drug-likeness (QED) is 0.741. The lowest BCUT2D eigenvalue weighted by molar-refractivity contribution is -0.137. The maximum absolute atomic E-state index is 12.2. The molecule has 1 amide bonds. The summed E-state index contributed by atoms with van der Waals surface area (Å²) in [7, 11) is 0. The van der Waals surface area contributed by atoms with Crippen LogP contribution in [-0.4, -0.2) is 42.0 Å². The Bertz CT molecular complexity index is 264. The average Bonchev–Trinajstić information content (AvgIpc) is 2.16. The monoisotopic (exact) mass is 234 g/mol. The smallest absolute Gasteiger partial charge is 0.255 e. The third-order valence-electron chi connectivity index (χ3n) is 2.11. The van der Waals surface area contributed by atoms with Gasteiger partial charge in [0.1, 0.15) is 5.92 Å². The number of nitriles is 1. The molecule has 92 valence electrons. The third-order valence-corrected chi connectivity index (χ3v) is 2.11. The van der Waals surface area contributed by atoms with Crippen molar-refractivity contribution in [2.24, 2.45) is 11.8 Å². The first-order chi connectivity index (χ1) is 7.43. The van der Waals surface area contributed by atoms with Crippen LogP contribution in [0.2, 0.25) is 0 Å². The first-order valence-corrected chi connectivity index (χ1v) is 5.01. The summed E-state index contributed by atoms with van der Waals surface area (Å²) in [6.45, 7) is 2.03. The Hall–Kier alpha value is -1.22. The Morgan fingerprint density at radius 3 is 2.38 bits per heavy atom. The van der Waals surface area contributed by atoms with E-state index < -0.39 is 31.4 Å². The number of alkyl halides is 2. The number of aliphatic hydroxyl groups is 1. The molecular formula is C10H16F2N2O2. The van der Waals surface area contributed by atoms with Gasteiger partial charge in [0.2, 0.25) is 5.91 Å². The van der Waals surface area contributed by atoms with Crippen molar-refractivity contribution in [2.75, 3.05) is 19.7 Å². The second kappa shape index (κ2) is 7.12. The first-order valence-electron chi connectivity index (χ1n) is 5.01. The van der Waals surface area contributed by atoms with E-state index in [0.717, 1.165) is 4.90 Å². The topological polar surface area (TPSA) is 64.3 Å². The number of amides is 1. The lowest BCUT2D eigenvalue weighted by atomic mass is 9.96. The molecule has 0 aliphatic heterocycles. The molecular weight excluding hydrogens is 218 g/mol. The number of nitrogens with zero attached hydrogens (tertiary/aromatic N) is 2. The van der Waals surface area contributed by atoms with Crippen LogP contribution in [0.3, 0.4) is 0 Å². The van der Waals surface area contributed by atoms with Crippen LogP contribution in [0.4, 0.5) is 8.78 Å². The zero-order valence-electron chi connectivity index (χ0n) is 9.36. The number of carbonyl (C=O) groups excluding carboxylic acids is 1. The van der Waals surface area contributed by atoms with Crippen LogP contribution in [0.5, 0.6) is 0 Å². The normalized spacial score (nSPS) is 12.6. The van der Waals surface area contributed by atoms with Gasteiger partial charge in [-0.05, 0) is 5.92 Å². The van der Waals surface area contributed by atoms with E-state index in [1.807, 2.05) is 0 Å². The van der Waals surface area contributed by atoms with Crippen LogP contribution in [0.15, 0.2) is 0 Å². The summed E-state index contributed by atoms with van der Waals surface area (Å²) in [6.07, 6.45) is -2.66. The van der Waals surface area contributed by atoms with Crippen LogP contribution in [0.1, 0.15) is 13.8 Å². The molecule has 16 heavy (non-hydrogen) atoms. The number of aliphatic hydroxyl groups excluding tert-OH is 1. The van der Waals surface area contributed by atoms with Gasteiger partial charge in [0.25, 0.3) is 6.43 Å². The molecule has 0 aliphatic carbocycles. The van der Waals surface area contributed by atoms with E-state index in [9.17, 15) is 13.6 Å². The molecule has 1 unspecified atom stereocenters. The van der Waals surface area contributed by atoms with Crippen LogP contribution in [0.25, 0.3) is 0 Å². The minimum absolute atomic E-state index is 0.173. The number of halogens is 2. The van der Waals surface area contributed by atoms with E-state index in [1.54, 1.807) is 19.9 Å². The number of carbonyl (C=O) groups is 1. The second-order valence-electron chi connectivity index (χ2n) is 3.75. The molecule has 6 heteroatoms. The van der Waals surface area contributed by atoms with Gasteiger partial charge in [0.05, 0.1) is 19.2 Å². The molecule has 0 aromatic carbocycles. The SMILES string of the molecule is CC(C)C(C#N)C(=O)N(CCO)CC(F)F. The molecule has 0 saturated heterocycles. The first kappa shape index (κ1) is 14.8. The minimum atomic E-state index is -2.66. The number of hydrogen-bond donors (Lipinski definition) is 1. The van der Waals surface area contributed by atoms with Crippen LogP contribution in [0, 0.1) is 23.2 Å². The van der Waals surface area contributed by atoms with Gasteiger partial charge in [-0.3, -0.25) is 4.79 Å². The lowest BCUT2D eigenvalue weighted by Crippen LogP contribution is -2.42. The molecule has 0 rings (SSSR count). The van der Waals surface area contributed by atoms with Gasteiger partial charge in [-0.25, -0.2) is 8.78 Å². The Balaban J connectivity index is 4.65. The summed E-state index contributed by atoms with van der Waals surface area (Å²) >= 11 is 0. The van der Waals surface area contributed by atoms with Crippen molar-refractivity contribution in [1.29, 1.82) is 5.26 Å². The van der Waals surface area contributed by atoms with Gasteiger partial charge in [0, 0.05) is 6.54 Å². The zero-order chi connectivity index (χ0) is 12.7. The van der Waals surface area contributed by atoms with E-state index >= 15 is 0 Å². The molecule has 1 N–H and O–H groups in total. The predicted octanol–water partition coefficient (Wildman–Crippen LogP) is 0.868. The highest BCUT2D eigenvalue weighted by Gasteiger charge is 2.28. The van der Waals surface area contributed by atoms with Crippen molar-refractivity contribution < 1.29 is 18.7 Å². The van der Waals surface area contributed by atoms with Crippen molar-refractivity contribution in [2.45, 2.75) is 20.3 Å². The van der Waals surface area contributed by atoms with Gasteiger partial charge in [0.15, 0.2) is 0 Å². The maximum Gasteiger partial charge on any atom is 0.255 e. The minimum Gasteiger partial charge on any atom is -0.395 e. The molecule has 0 heterocycles. The van der Waals surface area contributed by atoms with Gasteiger partial charge in [-0.15, -0.1) is 0 Å². The molecule has 0 spiro atoms. The molecule has 0 aromatic rings. The van der Waals surface area contributed by atoms with Crippen LogP contribution >= 0.6 is 0 Å². The molecule has 1 atom stereocenters. The highest BCUT2D eigenvalue weighted by atomic mass is 19.3. The van der Waals surface area contributed by atoms with Crippen molar-refractivity contribution in [1.82, 2.24) is 4.90 Å². The van der Waals surface area contributed by atoms with E-state index in [4.69, 9.17) is 10.4 Å². The number of hydrogen-bond acceptors (Lipinski definition) is 3. The summed E-state index contributed by atoms with van der Waals surface area (Å²) < 4.78 is 24.4. The van der Waals surface area contributed by atoms with E-state index in [1.165, 1.54) is 0 Å². The predicted molar refractivity (Wildman–Crippen MR) is 53.6 cm³/mol. The fraction of sp³-hybridized carbons (Fsp3) is 0.800. The number of rotatable bonds is 6. The summed E-state index contributed by atoms with van der Waals surface area (Å²) in [5, 5.41) is 17.4. The second-order valence-corrected chi connectivity index (χ2v) is 3.75. The molecule has 0 bridgehead atoms. The molecule has 4 nitrogen and oxygen atoms in total. The average molecular weight is 234 g/mol. The fourth-order valence-corrected chi connectivity index (χ4v) is 1.26. The van der Waals surface area contributed by atoms with Crippen molar-refractivity contribution >= 4 is 5.91 Å². The highest BCUT2D eigenvalue weighted by Crippen LogP contribution is 2.14. The Kier molecular flexibility index (Phi) is 6.58. The van der Waals surface area contributed by atoms with E-state index in [0.29, 0.717) is 0 Å². The largest absolute Gasteiger partial charge is 0.395 e. The maximum atomic E-state index is 12.2. The third kappa shape index (κ3) is 4.53. The molecule has 0 aliphatic rings. The van der Waals surface area contributed by atoms with E-state index in [2.05, 4.69) is 0 Å². The van der Waals surface area contributed by atoms with Gasteiger partial charge in [-0.1, -0.05) is 13.8 Å². The van der Waals surface area contributed by atoms with Crippen molar-refractivity contribution in [3.8, 4) is 6.07 Å². The Morgan fingerprint density at radius 2 is 2.06 bits per heavy atom. The van der Waals surface area contributed by atoms with Crippen LogP contribution < -0.4 is 0 Å². The summed E-state index contributed by atoms with van der Waals surface area (Å²) in [5.74, 6) is -1.83. The summed E-state index contributed by atoms with van der Waals surface area (Å²) in [4.78, 5) is 12.5. The van der Waals surface area contributed by atoms with Crippen molar-refractivity contribution in [3.05, 3.63) is 0 Å². The fourth-order valence-electron chi connectivity index (χ4n) is 1.26. The van der Waals surface area contributed by atoms with Gasteiger partial charge >= 0.3 is 0 Å². The zero-order valence-corrected chi connectivity index (χ0v) is 9.36. The summed E-state index contributed by atoms with van der Waals surface area (Å²) in [6, 6.07) is 1.80. The molecule has 0 aromatic heterocycles. The summed E-state index contributed by atoms with van der Waals surface area (Å²) in [5.41, 5.74) is 0. The van der Waals surface area contributed by atoms with Crippen LogP contribution in [-0.2, 0) is 4.79 Å². The Morgan fingerprint density at radius 1 is 1.50 bits per heavy atom.